The predicted octanol–water partition coefficient (Wildman–Crippen LogP) is 4.03. The van der Waals surface area contributed by atoms with E-state index in [0.29, 0.717) is 37.9 Å². The second-order valence-electron chi connectivity index (χ2n) is 18.6. The Morgan fingerprint density at radius 3 is 1.89 bits per heavy atom. The molecule has 0 saturated carbocycles. The lowest BCUT2D eigenvalue weighted by Gasteiger charge is -2.39. The van der Waals surface area contributed by atoms with Gasteiger partial charge in [0.2, 0.25) is 23.6 Å². The number of piperidine rings is 2. The molecule has 20 nitrogen and oxygen atoms in total. The van der Waals surface area contributed by atoms with Gasteiger partial charge in [-0.1, -0.05) is 66.7 Å². The van der Waals surface area contributed by atoms with E-state index in [-0.39, 0.29) is 74.0 Å². The van der Waals surface area contributed by atoms with E-state index >= 15 is 0 Å². The summed E-state index contributed by atoms with van der Waals surface area (Å²) in [6.45, 7) is 4.39. The monoisotopic (exact) mass is 1030 g/mol. The standard InChI is InChI=1S/C50H64N10O10P2/c1-32(47(61)54-29-34-8-10-37(11-9-34)46(51)52)56-49(63)44-28-39(18-20-59(44)22-24-71(65,66)67)36-12-14-42(15-13-36)70-72(68,69)25-23-60-21-17-38(35-6-4-3-5-7-35)27-45(60)50(64)57-33(2)48(62)55-31-41-26-40-30-53-19-16-43(40)58-41/h3-16,19,26,30,32-33,38-39,44-45,58H,17-18,20-25,27-29,31H2,1-2H3,(H3,51,52)(H,54,61)(H,55,62)(H,56,63)(H,57,64)(H,68,69)(H2,65,66,67)/t32-,33-,38-,39-,44+,45+/m0/s1. The Morgan fingerprint density at radius 1 is 0.778 bits per heavy atom. The molecule has 2 aliphatic rings. The second-order valence-corrected chi connectivity index (χ2v) is 22.3. The summed E-state index contributed by atoms with van der Waals surface area (Å²) in [5, 5.41) is 19.8. The first-order chi connectivity index (χ1) is 34.3. The normalized spacial score (nSPS) is 20.3. The van der Waals surface area contributed by atoms with Crippen LogP contribution in [0.15, 0.2) is 103 Å². The molecule has 2 aliphatic heterocycles. The van der Waals surface area contributed by atoms with Crippen molar-refractivity contribution in [2.24, 2.45) is 5.73 Å². The Hall–Kier alpha value is -6.24. The molecule has 4 heterocycles. The molecule has 2 saturated heterocycles. The zero-order valence-electron chi connectivity index (χ0n) is 40.3. The van der Waals surface area contributed by atoms with Crippen molar-refractivity contribution < 1.29 is 47.5 Å². The van der Waals surface area contributed by atoms with Crippen molar-refractivity contribution in [2.75, 3.05) is 38.5 Å². The number of nitrogen functional groups attached to an aromatic ring is 1. The van der Waals surface area contributed by atoms with Crippen LogP contribution >= 0.6 is 15.2 Å². The number of H-pyrrole nitrogens is 1. The minimum Gasteiger partial charge on any atom is -0.424 e. The van der Waals surface area contributed by atoms with Crippen LogP contribution in [0.4, 0.5) is 0 Å². The highest BCUT2D eigenvalue weighted by Gasteiger charge is 2.38. The summed E-state index contributed by atoms with van der Waals surface area (Å²) in [6.07, 6.45) is 4.64. The number of hydrogen-bond donors (Lipinski definition) is 10. The first kappa shape index (κ1) is 53.6. The number of fused-ring (bicyclic) bond motifs is 1. The van der Waals surface area contributed by atoms with E-state index < -0.39 is 57.3 Å². The van der Waals surface area contributed by atoms with Gasteiger partial charge in [0.1, 0.15) is 23.7 Å². The summed E-state index contributed by atoms with van der Waals surface area (Å²) in [6, 6.07) is 23.8. The number of amidine groups is 1. The minimum atomic E-state index is -4.38. The number of benzene rings is 3. The third kappa shape index (κ3) is 14.9. The molecule has 3 aromatic carbocycles. The lowest BCUT2D eigenvalue weighted by molar-refractivity contribution is -0.132. The fourth-order valence-corrected chi connectivity index (χ4v) is 10.9. The van der Waals surface area contributed by atoms with Crippen LogP contribution in [0.5, 0.6) is 5.75 Å². The van der Waals surface area contributed by atoms with Crippen molar-refractivity contribution >= 4 is 55.6 Å². The summed E-state index contributed by atoms with van der Waals surface area (Å²) in [5.41, 5.74) is 10.4. The third-order valence-corrected chi connectivity index (χ3v) is 15.5. The van der Waals surface area contributed by atoms with Gasteiger partial charge in [-0.25, -0.2) is 4.57 Å². The Morgan fingerprint density at radius 2 is 1.33 bits per heavy atom. The number of nitrogens with zero attached hydrogens (tertiary/aromatic N) is 3. The van der Waals surface area contributed by atoms with Gasteiger partial charge < -0.3 is 51.2 Å². The summed E-state index contributed by atoms with van der Waals surface area (Å²) < 4.78 is 31.2. The maximum absolute atomic E-state index is 14.0. The first-order valence-corrected chi connectivity index (χ1v) is 27.6. The van der Waals surface area contributed by atoms with Gasteiger partial charge in [-0.05, 0) is 105 Å². The lowest BCUT2D eigenvalue weighted by atomic mass is 9.85. The van der Waals surface area contributed by atoms with Gasteiger partial charge in [-0.2, -0.15) is 0 Å². The smallest absolute Gasteiger partial charge is 0.377 e. The van der Waals surface area contributed by atoms with Crippen molar-refractivity contribution in [2.45, 2.75) is 88.6 Å². The van der Waals surface area contributed by atoms with Gasteiger partial charge in [0.05, 0.1) is 31.0 Å². The molecule has 0 aliphatic carbocycles. The molecule has 0 bridgehead atoms. The Bertz CT molecular complexity index is 2760. The molecule has 384 valence electrons. The van der Waals surface area contributed by atoms with Crippen LogP contribution in [0, 0.1) is 5.41 Å². The topological polar surface area (TPSA) is 305 Å². The van der Waals surface area contributed by atoms with Crippen molar-refractivity contribution in [1.29, 1.82) is 5.41 Å². The van der Waals surface area contributed by atoms with Crippen LogP contribution in [0.25, 0.3) is 10.9 Å². The number of rotatable bonds is 21. The van der Waals surface area contributed by atoms with Crippen LogP contribution in [0.2, 0.25) is 0 Å². The highest BCUT2D eigenvalue weighted by Crippen LogP contribution is 2.44. The van der Waals surface area contributed by atoms with Gasteiger partial charge in [-0.15, -0.1) is 0 Å². The van der Waals surface area contributed by atoms with Gasteiger partial charge in [-0.3, -0.25) is 43.9 Å². The lowest BCUT2D eigenvalue weighted by Crippen LogP contribution is -2.55. The Balaban J connectivity index is 0.942. The molecule has 5 aromatic rings. The van der Waals surface area contributed by atoms with Crippen LogP contribution in [0.1, 0.15) is 79.3 Å². The number of nitrogens with one attached hydrogen (secondary N) is 6. The maximum Gasteiger partial charge on any atom is 0.377 e. The zero-order valence-corrected chi connectivity index (χ0v) is 42.1. The van der Waals surface area contributed by atoms with Gasteiger partial charge in [0.15, 0.2) is 0 Å². The molecule has 2 fully saturated rings. The molecule has 0 spiro atoms. The highest BCUT2D eigenvalue weighted by atomic mass is 31.2. The van der Waals surface area contributed by atoms with Crippen molar-refractivity contribution in [3.63, 3.8) is 0 Å². The van der Waals surface area contributed by atoms with Crippen LogP contribution < -0.4 is 31.5 Å². The minimum absolute atomic E-state index is 0.0389. The largest absolute Gasteiger partial charge is 0.424 e. The summed E-state index contributed by atoms with van der Waals surface area (Å²) in [7, 11) is -8.65. The molecule has 72 heavy (non-hydrogen) atoms. The third-order valence-electron chi connectivity index (χ3n) is 13.4. The molecule has 7 rings (SSSR count). The molecule has 22 heteroatoms. The molecule has 11 N–H and O–H groups in total. The fraction of sp³-hybridized carbons (Fsp3) is 0.400. The Labute approximate surface area is 418 Å². The molecule has 2 aromatic heterocycles. The van der Waals surface area contributed by atoms with Gasteiger partial charge in [0, 0.05) is 54.2 Å². The van der Waals surface area contributed by atoms with E-state index in [4.69, 9.17) is 15.7 Å². The van der Waals surface area contributed by atoms with E-state index in [1.54, 1.807) is 79.7 Å². The number of amides is 4. The average Bonchev–Trinajstić information content (AvgIpc) is 3.79. The number of aromatic amines is 1. The number of carbonyl (C=O) groups is 4. The first-order valence-electron chi connectivity index (χ1n) is 24.0. The van der Waals surface area contributed by atoms with Crippen molar-refractivity contribution in [3.8, 4) is 5.75 Å². The number of likely N-dealkylation sites (tertiary alicyclic amines) is 2. The van der Waals surface area contributed by atoms with Crippen molar-refractivity contribution in [1.82, 2.24) is 41.0 Å². The van der Waals surface area contributed by atoms with Crippen LogP contribution in [0.3, 0.4) is 0 Å². The summed E-state index contributed by atoms with van der Waals surface area (Å²) in [4.78, 5) is 95.4. The molecular weight excluding hydrogens is 963 g/mol. The number of nitrogens with two attached hydrogens (primary N) is 1. The molecular formula is C50H64N10O10P2. The van der Waals surface area contributed by atoms with Crippen LogP contribution in [-0.4, -0.2) is 127 Å². The van der Waals surface area contributed by atoms with Crippen LogP contribution in [-0.2, 0) is 41.4 Å². The van der Waals surface area contributed by atoms with E-state index in [0.717, 1.165) is 33.3 Å². The average molecular weight is 1030 g/mol. The SMILES string of the molecule is C[C@H](NC(=O)[C@H]1C[C@@H](c2ccc(OP(=O)(O)CCN3CC[C@H](c4ccccc4)C[C@@H]3C(=O)N[C@@H](C)C(=O)NCc3cc4cnccc4[nH]3)cc2)CCN1CCP(=O)(O)O)C(=O)NCc1ccc(C(=N)N)cc1. The molecule has 1 unspecified atom stereocenters. The quantitative estimate of drug-likeness (QED) is 0.0282. The zero-order chi connectivity index (χ0) is 51.6. The second kappa shape index (κ2) is 24.0. The van der Waals surface area contributed by atoms with Gasteiger partial charge >= 0.3 is 15.2 Å². The number of hydrogen-bond acceptors (Lipinski definition) is 11. The predicted molar refractivity (Wildman–Crippen MR) is 272 cm³/mol. The van der Waals surface area contributed by atoms with E-state index in [1.165, 1.54) is 0 Å². The van der Waals surface area contributed by atoms with E-state index in [2.05, 4.69) is 31.2 Å². The number of aromatic nitrogens is 2. The Kier molecular flexibility index (Phi) is 17.8. The fourth-order valence-electron chi connectivity index (χ4n) is 9.32. The van der Waals surface area contributed by atoms with Crippen molar-refractivity contribution in [3.05, 3.63) is 131 Å². The van der Waals surface area contributed by atoms with E-state index in [1.807, 2.05) is 47.4 Å². The maximum atomic E-state index is 14.0. The molecule has 0 radical (unpaired) electrons. The molecule has 7 atom stereocenters. The highest BCUT2D eigenvalue weighted by molar-refractivity contribution is 7.53. The van der Waals surface area contributed by atoms with Gasteiger partial charge in [0.25, 0.3) is 0 Å². The summed E-state index contributed by atoms with van der Waals surface area (Å²) in [5.74, 6) is -1.70. The summed E-state index contributed by atoms with van der Waals surface area (Å²) >= 11 is 0. The molecule has 4 amide bonds. The number of pyridine rings is 1. The van der Waals surface area contributed by atoms with E-state index in [9.17, 15) is 43.0 Å². The number of carbonyl (C=O) groups excluding carboxylic acids is 4.